The molecule has 0 radical (unpaired) electrons. The van der Waals surface area contributed by atoms with Crippen LogP contribution in [0.2, 0.25) is 0 Å². The Morgan fingerprint density at radius 2 is 1.31 bits per heavy atom. The first kappa shape index (κ1) is 22.0. The highest BCUT2D eigenvalue weighted by atomic mass is 32.2. The summed E-state index contributed by atoms with van der Waals surface area (Å²) in [6.07, 6.45) is 1.06. The fourth-order valence-electron chi connectivity index (χ4n) is 3.38. The van der Waals surface area contributed by atoms with Gasteiger partial charge in [-0.2, -0.15) is 17.0 Å². The maximum absolute atomic E-state index is 12.8. The molecule has 1 aromatic carbocycles. The molecule has 162 valence electrons. The molecule has 2 aliphatic heterocycles. The number of anilines is 1. The lowest BCUT2D eigenvalue weighted by molar-refractivity contribution is 0.0692. The minimum absolute atomic E-state index is 0.201. The maximum atomic E-state index is 12.8. The number of nitrogens with zero attached hydrogens (tertiary/aromatic N) is 4. The molecule has 0 aliphatic carbocycles. The molecule has 0 unspecified atom stereocenters. The van der Waals surface area contributed by atoms with Gasteiger partial charge in [0.25, 0.3) is 16.1 Å². The zero-order valence-corrected chi connectivity index (χ0v) is 18.2. The number of likely N-dealkylation sites (N-methyl/N-ethyl adjacent to an activating group) is 1. The molecule has 29 heavy (non-hydrogen) atoms. The van der Waals surface area contributed by atoms with Gasteiger partial charge in [-0.15, -0.1) is 0 Å². The van der Waals surface area contributed by atoms with Crippen molar-refractivity contribution < 1.29 is 21.6 Å². The van der Waals surface area contributed by atoms with Gasteiger partial charge in [-0.25, -0.2) is 8.42 Å². The molecular weight excluding hydrogens is 418 g/mol. The number of carbonyl (C=O) groups excluding carboxylic acids is 1. The first-order chi connectivity index (χ1) is 13.6. The van der Waals surface area contributed by atoms with Crippen LogP contribution in [0.4, 0.5) is 5.69 Å². The average Bonchev–Trinajstić information content (AvgIpc) is 2.67. The van der Waals surface area contributed by atoms with E-state index in [-0.39, 0.29) is 19.0 Å². The fraction of sp³-hybridized carbons (Fsp3) is 0.588. The van der Waals surface area contributed by atoms with Gasteiger partial charge < -0.3 is 9.80 Å². The van der Waals surface area contributed by atoms with Gasteiger partial charge in [0, 0.05) is 63.6 Å². The highest BCUT2D eigenvalue weighted by Crippen LogP contribution is 2.17. The molecule has 0 atom stereocenters. The minimum Gasteiger partial charge on any atom is -0.336 e. The molecule has 12 heteroatoms. The van der Waals surface area contributed by atoms with E-state index in [9.17, 15) is 21.6 Å². The number of amides is 1. The van der Waals surface area contributed by atoms with Crippen molar-refractivity contribution in [3.05, 3.63) is 29.8 Å². The van der Waals surface area contributed by atoms with Crippen LogP contribution in [0.25, 0.3) is 0 Å². The van der Waals surface area contributed by atoms with Gasteiger partial charge in [-0.1, -0.05) is 0 Å². The molecule has 3 rings (SSSR count). The van der Waals surface area contributed by atoms with Crippen molar-refractivity contribution in [3.63, 3.8) is 0 Å². The van der Waals surface area contributed by atoms with Crippen LogP contribution in [0.1, 0.15) is 10.4 Å². The summed E-state index contributed by atoms with van der Waals surface area (Å²) in [5.41, 5.74) is 0.812. The largest absolute Gasteiger partial charge is 0.336 e. The first-order valence-electron chi connectivity index (χ1n) is 9.37. The van der Waals surface area contributed by atoms with Gasteiger partial charge in [-0.05, 0) is 31.3 Å². The standard InChI is InChI=1S/C17H27N5O5S2/c1-19-7-11-21(12-8-19)29(26,27)22-13-9-20(10-14-22)17(23)15-3-5-16(6-4-15)18-28(2,24)25/h3-6,18H,7-14H2,1-2H3. The number of benzene rings is 1. The first-order valence-corrected chi connectivity index (χ1v) is 12.7. The molecule has 2 saturated heterocycles. The van der Waals surface area contributed by atoms with Crippen LogP contribution in [0.3, 0.4) is 0 Å². The number of piperazine rings is 2. The van der Waals surface area contributed by atoms with E-state index in [1.807, 2.05) is 7.05 Å². The smallest absolute Gasteiger partial charge is 0.282 e. The molecule has 1 amide bonds. The van der Waals surface area contributed by atoms with E-state index in [4.69, 9.17) is 0 Å². The SMILES string of the molecule is CN1CCN(S(=O)(=O)N2CCN(C(=O)c3ccc(NS(C)(=O)=O)cc3)CC2)CC1. The predicted octanol–water partition coefficient (Wildman–Crippen LogP) is -0.692. The van der Waals surface area contributed by atoms with Gasteiger partial charge in [-0.3, -0.25) is 9.52 Å². The third kappa shape index (κ3) is 5.45. The number of sulfonamides is 1. The molecule has 0 saturated carbocycles. The van der Waals surface area contributed by atoms with E-state index in [0.717, 1.165) is 6.26 Å². The second-order valence-electron chi connectivity index (χ2n) is 7.35. The zero-order valence-electron chi connectivity index (χ0n) is 16.6. The van der Waals surface area contributed by atoms with Crippen LogP contribution in [-0.4, -0.2) is 107 Å². The van der Waals surface area contributed by atoms with Gasteiger partial charge in [0.05, 0.1) is 6.26 Å². The van der Waals surface area contributed by atoms with Crippen molar-refractivity contribution in [1.29, 1.82) is 0 Å². The molecule has 1 N–H and O–H groups in total. The molecule has 2 heterocycles. The van der Waals surface area contributed by atoms with E-state index >= 15 is 0 Å². The van der Waals surface area contributed by atoms with Crippen LogP contribution in [0.5, 0.6) is 0 Å². The summed E-state index contributed by atoms with van der Waals surface area (Å²) in [5.74, 6) is -0.201. The van der Waals surface area contributed by atoms with Crippen molar-refractivity contribution >= 4 is 31.8 Å². The van der Waals surface area contributed by atoms with E-state index < -0.39 is 20.2 Å². The molecular formula is C17H27N5O5S2. The fourth-order valence-corrected chi connectivity index (χ4v) is 5.52. The van der Waals surface area contributed by atoms with E-state index in [1.54, 1.807) is 17.0 Å². The molecule has 0 bridgehead atoms. The summed E-state index contributed by atoms with van der Waals surface area (Å²) in [5, 5.41) is 0. The van der Waals surface area contributed by atoms with Crippen LogP contribution in [0.15, 0.2) is 24.3 Å². The van der Waals surface area contributed by atoms with E-state index in [1.165, 1.54) is 20.7 Å². The topological polar surface area (TPSA) is 110 Å². The Morgan fingerprint density at radius 3 is 1.79 bits per heavy atom. The Morgan fingerprint density at radius 1 is 0.828 bits per heavy atom. The van der Waals surface area contributed by atoms with Crippen molar-refractivity contribution in [2.45, 2.75) is 0 Å². The summed E-state index contributed by atoms with van der Waals surface area (Å²) in [6.45, 7) is 3.52. The Bertz CT molecular complexity index is 933. The number of hydrogen-bond acceptors (Lipinski definition) is 6. The number of carbonyl (C=O) groups is 1. The molecule has 0 spiro atoms. The molecule has 0 aromatic heterocycles. The highest BCUT2D eigenvalue weighted by Gasteiger charge is 2.34. The third-order valence-corrected chi connectivity index (χ3v) is 7.72. The number of rotatable bonds is 5. The van der Waals surface area contributed by atoms with Crippen molar-refractivity contribution in [1.82, 2.24) is 18.4 Å². The summed E-state index contributed by atoms with van der Waals surface area (Å²) in [4.78, 5) is 16.4. The zero-order chi connectivity index (χ0) is 21.2. The second kappa shape index (κ2) is 8.56. The summed E-state index contributed by atoms with van der Waals surface area (Å²) < 4.78 is 53.5. The predicted molar refractivity (Wildman–Crippen MR) is 110 cm³/mol. The Balaban J connectivity index is 1.58. The number of hydrogen-bond donors (Lipinski definition) is 1. The summed E-state index contributed by atoms with van der Waals surface area (Å²) >= 11 is 0. The molecule has 10 nitrogen and oxygen atoms in total. The quantitative estimate of drug-likeness (QED) is 0.642. The van der Waals surface area contributed by atoms with Crippen LogP contribution >= 0.6 is 0 Å². The van der Waals surface area contributed by atoms with Crippen molar-refractivity contribution in [3.8, 4) is 0 Å². The second-order valence-corrected chi connectivity index (χ2v) is 11.0. The van der Waals surface area contributed by atoms with Gasteiger partial charge in [0.15, 0.2) is 0 Å². The van der Waals surface area contributed by atoms with Crippen LogP contribution in [-0.2, 0) is 20.2 Å². The van der Waals surface area contributed by atoms with Crippen molar-refractivity contribution in [2.75, 3.05) is 70.4 Å². The van der Waals surface area contributed by atoms with Gasteiger partial charge >= 0.3 is 0 Å². The Kier molecular flexibility index (Phi) is 6.48. The summed E-state index contributed by atoms with van der Waals surface area (Å²) in [7, 11) is -4.92. The van der Waals surface area contributed by atoms with Crippen LogP contribution in [0, 0.1) is 0 Å². The molecule has 2 aliphatic rings. The lowest BCUT2D eigenvalue weighted by Crippen LogP contribution is -2.57. The van der Waals surface area contributed by atoms with Crippen LogP contribution < -0.4 is 4.72 Å². The summed E-state index contributed by atoms with van der Waals surface area (Å²) in [6, 6.07) is 6.18. The lowest BCUT2D eigenvalue weighted by atomic mass is 10.1. The molecule has 2 fully saturated rings. The maximum Gasteiger partial charge on any atom is 0.282 e. The Hall–Kier alpha value is -1.73. The third-order valence-electron chi connectivity index (χ3n) is 5.08. The average molecular weight is 446 g/mol. The highest BCUT2D eigenvalue weighted by molar-refractivity contribution is 7.92. The lowest BCUT2D eigenvalue weighted by Gasteiger charge is -2.39. The van der Waals surface area contributed by atoms with Crippen molar-refractivity contribution in [2.24, 2.45) is 0 Å². The van der Waals surface area contributed by atoms with E-state index in [2.05, 4.69) is 9.62 Å². The Labute approximate surface area is 172 Å². The normalized spacial score (nSPS) is 20.6. The van der Waals surface area contributed by atoms with Gasteiger partial charge in [0.2, 0.25) is 10.0 Å². The molecule has 1 aromatic rings. The number of nitrogens with one attached hydrogen (secondary N) is 1. The van der Waals surface area contributed by atoms with Gasteiger partial charge in [0.1, 0.15) is 0 Å². The monoisotopic (exact) mass is 445 g/mol. The van der Waals surface area contributed by atoms with E-state index in [0.29, 0.717) is 50.5 Å². The minimum atomic E-state index is -3.51.